The van der Waals surface area contributed by atoms with Crippen LogP contribution in [0.1, 0.15) is 16.5 Å². The fraction of sp³-hybridized carbons (Fsp3) is 0.0667. The maximum atomic E-state index is 10.1. The zero-order valence-electron chi connectivity index (χ0n) is 9.71. The van der Waals surface area contributed by atoms with Crippen molar-refractivity contribution in [2.45, 2.75) is 6.04 Å². The third-order valence-electron chi connectivity index (χ3n) is 3.11. The highest BCUT2D eigenvalue weighted by atomic mass is 32.1. The van der Waals surface area contributed by atoms with E-state index in [1.807, 2.05) is 47.8 Å². The quantitative estimate of drug-likeness (QED) is 0.734. The Morgan fingerprint density at radius 2 is 1.83 bits per heavy atom. The van der Waals surface area contributed by atoms with Crippen molar-refractivity contribution >= 4 is 22.1 Å². The summed E-state index contributed by atoms with van der Waals surface area (Å²) in [6, 6.07) is 15.3. The summed E-state index contributed by atoms with van der Waals surface area (Å²) in [6.07, 6.45) is 0. The van der Waals surface area contributed by atoms with Gasteiger partial charge in [-0.2, -0.15) is 0 Å². The molecule has 18 heavy (non-hydrogen) atoms. The molecule has 3 N–H and O–H groups in total. The predicted molar refractivity (Wildman–Crippen MR) is 76.0 cm³/mol. The van der Waals surface area contributed by atoms with E-state index in [4.69, 9.17) is 5.73 Å². The first-order valence-corrected chi connectivity index (χ1v) is 6.65. The lowest BCUT2D eigenvalue weighted by Gasteiger charge is -2.15. The summed E-state index contributed by atoms with van der Waals surface area (Å²) < 4.78 is 0. The van der Waals surface area contributed by atoms with Gasteiger partial charge in [0.1, 0.15) is 5.75 Å². The fourth-order valence-electron chi connectivity index (χ4n) is 2.22. The Hall–Kier alpha value is -1.84. The largest absolute Gasteiger partial charge is 0.508 e. The Balaban J connectivity index is 2.24. The van der Waals surface area contributed by atoms with Crippen LogP contribution in [0.15, 0.2) is 53.9 Å². The number of thiophene rings is 1. The van der Waals surface area contributed by atoms with Gasteiger partial charge in [0.25, 0.3) is 0 Å². The van der Waals surface area contributed by atoms with Crippen LogP contribution >= 0.6 is 11.3 Å². The molecular weight excluding hydrogens is 242 g/mol. The van der Waals surface area contributed by atoms with Gasteiger partial charge in [-0.1, -0.05) is 36.4 Å². The second-order valence-electron chi connectivity index (χ2n) is 4.21. The Kier molecular flexibility index (Phi) is 2.78. The first-order chi connectivity index (χ1) is 8.77. The molecule has 0 saturated carbocycles. The van der Waals surface area contributed by atoms with Crippen molar-refractivity contribution in [2.24, 2.45) is 5.73 Å². The van der Waals surface area contributed by atoms with Gasteiger partial charge in [0.15, 0.2) is 0 Å². The standard InChI is InChI=1S/C15H13NOS/c16-15(13-6-3-9-18-13)14-11-5-2-1-4-10(11)7-8-12(14)17/h1-9,15,17H,16H2/t15-/m1/s1. The smallest absolute Gasteiger partial charge is 0.121 e. The zero-order valence-corrected chi connectivity index (χ0v) is 10.5. The molecule has 1 heterocycles. The Labute approximate surface area is 109 Å². The van der Waals surface area contributed by atoms with E-state index in [-0.39, 0.29) is 11.8 Å². The van der Waals surface area contributed by atoms with E-state index in [0.717, 1.165) is 21.2 Å². The molecule has 0 saturated heterocycles. The number of aromatic hydroxyl groups is 1. The SMILES string of the molecule is N[C@H](c1cccs1)c1c(O)ccc2ccccc12. The summed E-state index contributed by atoms with van der Waals surface area (Å²) in [4.78, 5) is 1.06. The van der Waals surface area contributed by atoms with Crippen molar-refractivity contribution in [2.75, 3.05) is 0 Å². The minimum atomic E-state index is -0.281. The number of phenolic OH excluding ortho intramolecular Hbond substituents is 1. The van der Waals surface area contributed by atoms with E-state index in [9.17, 15) is 5.11 Å². The molecule has 0 aliphatic rings. The van der Waals surface area contributed by atoms with Crippen LogP contribution in [0, 0.1) is 0 Å². The van der Waals surface area contributed by atoms with Crippen molar-refractivity contribution in [3.05, 3.63) is 64.4 Å². The van der Waals surface area contributed by atoms with Crippen molar-refractivity contribution in [1.82, 2.24) is 0 Å². The van der Waals surface area contributed by atoms with Gasteiger partial charge in [0.2, 0.25) is 0 Å². The summed E-state index contributed by atoms with van der Waals surface area (Å²) in [7, 11) is 0. The van der Waals surface area contributed by atoms with Crippen LogP contribution in [-0.4, -0.2) is 5.11 Å². The fourth-order valence-corrected chi connectivity index (χ4v) is 2.96. The molecule has 1 aromatic heterocycles. The zero-order chi connectivity index (χ0) is 12.5. The number of rotatable bonds is 2. The van der Waals surface area contributed by atoms with E-state index in [0.29, 0.717) is 0 Å². The van der Waals surface area contributed by atoms with Crippen molar-refractivity contribution < 1.29 is 5.11 Å². The van der Waals surface area contributed by atoms with Crippen LogP contribution in [-0.2, 0) is 0 Å². The lowest BCUT2D eigenvalue weighted by Crippen LogP contribution is -2.11. The van der Waals surface area contributed by atoms with Crippen molar-refractivity contribution in [3.63, 3.8) is 0 Å². The number of fused-ring (bicyclic) bond motifs is 1. The van der Waals surface area contributed by atoms with Crippen molar-refractivity contribution in [3.8, 4) is 5.75 Å². The molecule has 0 fully saturated rings. The van der Waals surface area contributed by atoms with Gasteiger partial charge in [0, 0.05) is 10.4 Å². The van der Waals surface area contributed by atoms with E-state index >= 15 is 0 Å². The molecule has 1 atom stereocenters. The van der Waals surface area contributed by atoms with E-state index in [2.05, 4.69) is 0 Å². The minimum absolute atomic E-state index is 0.259. The van der Waals surface area contributed by atoms with Gasteiger partial charge in [0.05, 0.1) is 6.04 Å². The van der Waals surface area contributed by atoms with Gasteiger partial charge < -0.3 is 10.8 Å². The molecule has 90 valence electrons. The van der Waals surface area contributed by atoms with Gasteiger partial charge in [-0.3, -0.25) is 0 Å². The molecule has 0 aliphatic carbocycles. The number of nitrogens with two attached hydrogens (primary N) is 1. The maximum Gasteiger partial charge on any atom is 0.121 e. The molecular formula is C15H13NOS. The Morgan fingerprint density at radius 1 is 1.00 bits per heavy atom. The summed E-state index contributed by atoms with van der Waals surface area (Å²) >= 11 is 1.61. The van der Waals surface area contributed by atoms with E-state index in [1.54, 1.807) is 17.4 Å². The molecule has 3 aromatic rings. The van der Waals surface area contributed by atoms with Crippen LogP contribution in [0.25, 0.3) is 10.8 Å². The number of hydrogen-bond donors (Lipinski definition) is 2. The summed E-state index contributed by atoms with van der Waals surface area (Å²) in [5.74, 6) is 0.259. The minimum Gasteiger partial charge on any atom is -0.508 e. The second-order valence-corrected chi connectivity index (χ2v) is 5.19. The molecule has 0 unspecified atom stereocenters. The highest BCUT2D eigenvalue weighted by Gasteiger charge is 2.17. The van der Waals surface area contributed by atoms with Gasteiger partial charge in [-0.05, 0) is 28.3 Å². The first-order valence-electron chi connectivity index (χ1n) is 5.77. The van der Waals surface area contributed by atoms with Crippen LogP contribution in [0.2, 0.25) is 0 Å². The molecule has 0 aliphatic heterocycles. The predicted octanol–water partition coefficient (Wildman–Crippen LogP) is 3.66. The highest BCUT2D eigenvalue weighted by molar-refractivity contribution is 7.10. The van der Waals surface area contributed by atoms with Crippen LogP contribution in [0.5, 0.6) is 5.75 Å². The number of hydrogen-bond acceptors (Lipinski definition) is 3. The summed E-state index contributed by atoms with van der Waals surface area (Å²) in [5.41, 5.74) is 7.08. The summed E-state index contributed by atoms with van der Waals surface area (Å²) in [6.45, 7) is 0. The van der Waals surface area contributed by atoms with Crippen molar-refractivity contribution in [1.29, 1.82) is 0 Å². The van der Waals surface area contributed by atoms with Gasteiger partial charge in [-0.15, -0.1) is 11.3 Å². The first kappa shape index (κ1) is 11.3. The number of phenols is 1. The third kappa shape index (κ3) is 1.78. The van der Waals surface area contributed by atoms with Gasteiger partial charge in [-0.25, -0.2) is 0 Å². The Morgan fingerprint density at radius 3 is 2.61 bits per heavy atom. The molecule has 0 radical (unpaired) electrons. The van der Waals surface area contributed by atoms with E-state index in [1.165, 1.54) is 0 Å². The van der Waals surface area contributed by atoms with Crippen LogP contribution < -0.4 is 5.73 Å². The third-order valence-corrected chi connectivity index (χ3v) is 4.06. The summed E-state index contributed by atoms with van der Waals surface area (Å²) in [5, 5.41) is 14.2. The lowest BCUT2D eigenvalue weighted by atomic mass is 9.97. The molecule has 0 bridgehead atoms. The molecule has 0 spiro atoms. The average Bonchev–Trinajstić information content (AvgIpc) is 2.92. The van der Waals surface area contributed by atoms with Crippen LogP contribution in [0.3, 0.4) is 0 Å². The molecule has 2 aromatic carbocycles. The molecule has 0 amide bonds. The molecule has 2 nitrogen and oxygen atoms in total. The van der Waals surface area contributed by atoms with Gasteiger partial charge >= 0.3 is 0 Å². The molecule has 3 heteroatoms. The monoisotopic (exact) mass is 255 g/mol. The van der Waals surface area contributed by atoms with E-state index < -0.39 is 0 Å². The highest BCUT2D eigenvalue weighted by Crippen LogP contribution is 2.35. The topological polar surface area (TPSA) is 46.2 Å². The maximum absolute atomic E-state index is 10.1. The Bertz CT molecular complexity index is 676. The number of benzene rings is 2. The normalized spacial score (nSPS) is 12.7. The second kappa shape index (κ2) is 4.44. The molecule has 3 rings (SSSR count). The average molecular weight is 255 g/mol. The van der Waals surface area contributed by atoms with Crippen LogP contribution in [0.4, 0.5) is 0 Å². The lowest BCUT2D eigenvalue weighted by molar-refractivity contribution is 0.467.